The predicted octanol–water partition coefficient (Wildman–Crippen LogP) is 3.68. The fourth-order valence-corrected chi connectivity index (χ4v) is 3.76. The Morgan fingerprint density at radius 1 is 1.33 bits per heavy atom. The number of aromatic nitrogens is 1. The molecule has 21 heavy (non-hydrogen) atoms. The Balaban J connectivity index is 1.93. The Labute approximate surface area is 130 Å². The third-order valence-electron chi connectivity index (χ3n) is 3.87. The van der Waals surface area contributed by atoms with Gasteiger partial charge in [-0.05, 0) is 30.3 Å². The van der Waals surface area contributed by atoms with E-state index >= 15 is 0 Å². The molecule has 3 nitrogen and oxygen atoms in total. The average Bonchev–Trinajstić information content (AvgIpc) is 3.06. The Morgan fingerprint density at radius 3 is 2.81 bits per heavy atom. The fourth-order valence-electron chi connectivity index (χ4n) is 2.58. The molecule has 3 rings (SSSR count). The van der Waals surface area contributed by atoms with Crippen LogP contribution in [0, 0.1) is 0 Å². The largest absolute Gasteiger partial charge is 0.493 e. The third-order valence-corrected chi connectivity index (χ3v) is 4.78. The number of hydrogen-bond acceptors (Lipinski definition) is 4. The molecule has 4 heteroatoms. The van der Waals surface area contributed by atoms with E-state index in [2.05, 4.69) is 49.7 Å². The van der Waals surface area contributed by atoms with Crippen LogP contribution in [0.15, 0.2) is 23.6 Å². The van der Waals surface area contributed by atoms with E-state index in [-0.39, 0.29) is 11.5 Å². The lowest BCUT2D eigenvalue weighted by Crippen LogP contribution is -2.18. The summed E-state index contributed by atoms with van der Waals surface area (Å²) in [6, 6.07) is 6.63. The molecule has 0 aliphatic carbocycles. The molecule has 1 unspecified atom stereocenters. The zero-order valence-corrected chi connectivity index (χ0v) is 13.9. The Bertz CT molecular complexity index is 642. The minimum Gasteiger partial charge on any atom is -0.493 e. The molecule has 0 saturated carbocycles. The van der Waals surface area contributed by atoms with Gasteiger partial charge in [-0.2, -0.15) is 0 Å². The van der Waals surface area contributed by atoms with Gasteiger partial charge >= 0.3 is 0 Å². The molecule has 1 N–H and O–H groups in total. The van der Waals surface area contributed by atoms with Crippen LogP contribution in [0.4, 0.5) is 0 Å². The predicted molar refractivity (Wildman–Crippen MR) is 87.4 cm³/mol. The first-order chi connectivity index (χ1) is 9.99. The van der Waals surface area contributed by atoms with Crippen LogP contribution in [0.2, 0.25) is 0 Å². The molecular formula is C17H22N2OS. The number of nitrogens with one attached hydrogen (secondary N) is 1. The number of thiazole rings is 1. The maximum atomic E-state index is 5.59. The van der Waals surface area contributed by atoms with E-state index in [1.165, 1.54) is 11.1 Å². The lowest BCUT2D eigenvalue weighted by molar-refractivity contribution is 0.357. The van der Waals surface area contributed by atoms with E-state index in [1.54, 1.807) is 11.3 Å². The SMILES string of the molecule is CNC(c1ccc2c(c1)CCO2)c1nc(C(C)(C)C)cs1. The number of rotatable bonds is 3. The third kappa shape index (κ3) is 2.83. The summed E-state index contributed by atoms with van der Waals surface area (Å²) in [6.45, 7) is 7.40. The van der Waals surface area contributed by atoms with Crippen molar-refractivity contribution in [1.82, 2.24) is 10.3 Å². The molecule has 2 aromatic rings. The van der Waals surface area contributed by atoms with E-state index in [4.69, 9.17) is 9.72 Å². The van der Waals surface area contributed by atoms with Gasteiger partial charge in [0.2, 0.25) is 0 Å². The van der Waals surface area contributed by atoms with E-state index in [0.717, 1.165) is 29.5 Å². The Morgan fingerprint density at radius 2 is 2.14 bits per heavy atom. The Kier molecular flexibility index (Phi) is 3.76. The zero-order chi connectivity index (χ0) is 15.0. The van der Waals surface area contributed by atoms with Gasteiger partial charge in [-0.15, -0.1) is 11.3 Å². The summed E-state index contributed by atoms with van der Waals surface area (Å²) in [5, 5.41) is 6.70. The van der Waals surface area contributed by atoms with Crippen molar-refractivity contribution in [3.8, 4) is 5.75 Å². The summed E-state index contributed by atoms with van der Waals surface area (Å²) < 4.78 is 5.59. The molecule has 0 amide bonds. The minimum absolute atomic E-state index is 0.0960. The maximum Gasteiger partial charge on any atom is 0.122 e. The normalized spacial score (nSPS) is 15.6. The molecular weight excluding hydrogens is 280 g/mol. The van der Waals surface area contributed by atoms with E-state index < -0.39 is 0 Å². The van der Waals surface area contributed by atoms with Crippen molar-refractivity contribution >= 4 is 11.3 Å². The summed E-state index contributed by atoms with van der Waals surface area (Å²) in [4.78, 5) is 4.85. The van der Waals surface area contributed by atoms with Gasteiger partial charge in [0.1, 0.15) is 10.8 Å². The highest BCUT2D eigenvalue weighted by Crippen LogP contribution is 2.33. The van der Waals surface area contributed by atoms with Crippen molar-refractivity contribution < 1.29 is 4.74 Å². The van der Waals surface area contributed by atoms with Crippen LogP contribution >= 0.6 is 11.3 Å². The monoisotopic (exact) mass is 302 g/mol. The van der Waals surface area contributed by atoms with Crippen LogP contribution in [0.3, 0.4) is 0 Å². The van der Waals surface area contributed by atoms with Crippen LogP contribution < -0.4 is 10.1 Å². The number of nitrogens with zero attached hydrogens (tertiary/aromatic N) is 1. The molecule has 0 saturated heterocycles. The van der Waals surface area contributed by atoms with Crippen molar-refractivity contribution in [2.75, 3.05) is 13.7 Å². The summed E-state index contributed by atoms with van der Waals surface area (Å²) in [7, 11) is 1.99. The summed E-state index contributed by atoms with van der Waals surface area (Å²) in [5.41, 5.74) is 3.82. The second-order valence-electron chi connectivity index (χ2n) is 6.51. The molecule has 112 valence electrons. The van der Waals surface area contributed by atoms with Gasteiger partial charge in [0.05, 0.1) is 18.3 Å². The van der Waals surface area contributed by atoms with Gasteiger partial charge in [-0.1, -0.05) is 26.8 Å². The molecule has 2 heterocycles. The molecule has 1 aliphatic heterocycles. The second kappa shape index (κ2) is 5.43. The molecule has 0 fully saturated rings. The maximum absolute atomic E-state index is 5.59. The van der Waals surface area contributed by atoms with Crippen molar-refractivity contribution in [3.63, 3.8) is 0 Å². The molecule has 0 spiro atoms. The van der Waals surface area contributed by atoms with Crippen molar-refractivity contribution in [1.29, 1.82) is 0 Å². The quantitative estimate of drug-likeness (QED) is 0.939. The first-order valence-corrected chi connectivity index (χ1v) is 8.26. The number of ether oxygens (including phenoxy) is 1. The van der Waals surface area contributed by atoms with Gasteiger partial charge in [-0.3, -0.25) is 0 Å². The van der Waals surface area contributed by atoms with Crippen molar-refractivity contribution in [3.05, 3.63) is 45.4 Å². The first kappa shape index (κ1) is 14.5. The van der Waals surface area contributed by atoms with Crippen LogP contribution in [0.5, 0.6) is 5.75 Å². The molecule has 1 aliphatic rings. The lowest BCUT2D eigenvalue weighted by atomic mass is 9.93. The minimum atomic E-state index is 0.0960. The van der Waals surface area contributed by atoms with E-state index in [9.17, 15) is 0 Å². The number of hydrogen-bond donors (Lipinski definition) is 1. The van der Waals surface area contributed by atoms with Crippen LogP contribution in [-0.4, -0.2) is 18.6 Å². The molecule has 1 aromatic carbocycles. The van der Waals surface area contributed by atoms with Crippen molar-refractivity contribution in [2.24, 2.45) is 0 Å². The van der Waals surface area contributed by atoms with Gasteiger partial charge in [0, 0.05) is 17.2 Å². The second-order valence-corrected chi connectivity index (χ2v) is 7.40. The zero-order valence-electron chi connectivity index (χ0n) is 13.1. The smallest absolute Gasteiger partial charge is 0.122 e. The van der Waals surface area contributed by atoms with E-state index in [0.29, 0.717) is 0 Å². The van der Waals surface area contributed by atoms with Gasteiger partial charge in [0.25, 0.3) is 0 Å². The summed E-state index contributed by atoms with van der Waals surface area (Å²) in [6.07, 6.45) is 1.00. The molecule has 1 aromatic heterocycles. The average molecular weight is 302 g/mol. The van der Waals surface area contributed by atoms with Gasteiger partial charge in [0.15, 0.2) is 0 Å². The summed E-state index contributed by atoms with van der Waals surface area (Å²) in [5.74, 6) is 1.03. The highest BCUT2D eigenvalue weighted by molar-refractivity contribution is 7.09. The van der Waals surface area contributed by atoms with Crippen LogP contribution in [0.1, 0.15) is 48.6 Å². The number of benzene rings is 1. The number of fused-ring (bicyclic) bond motifs is 1. The first-order valence-electron chi connectivity index (χ1n) is 7.38. The van der Waals surface area contributed by atoms with Gasteiger partial charge < -0.3 is 10.1 Å². The van der Waals surface area contributed by atoms with E-state index in [1.807, 2.05) is 7.05 Å². The Hall–Kier alpha value is -1.39. The molecule has 0 bridgehead atoms. The lowest BCUT2D eigenvalue weighted by Gasteiger charge is -2.17. The van der Waals surface area contributed by atoms with Crippen LogP contribution in [0.25, 0.3) is 0 Å². The highest BCUT2D eigenvalue weighted by Gasteiger charge is 2.23. The van der Waals surface area contributed by atoms with Crippen LogP contribution in [-0.2, 0) is 11.8 Å². The molecule has 0 radical (unpaired) electrons. The standard InChI is InChI=1S/C17H22N2OS/c1-17(2,3)14-10-21-16(19-14)15(18-4)12-5-6-13-11(9-12)7-8-20-13/h5-6,9-10,15,18H,7-8H2,1-4H3. The summed E-state index contributed by atoms with van der Waals surface area (Å²) >= 11 is 1.73. The van der Waals surface area contributed by atoms with Crippen molar-refractivity contribution in [2.45, 2.75) is 38.6 Å². The van der Waals surface area contributed by atoms with Gasteiger partial charge in [-0.25, -0.2) is 4.98 Å². The highest BCUT2D eigenvalue weighted by atomic mass is 32.1. The fraction of sp³-hybridized carbons (Fsp3) is 0.471. The topological polar surface area (TPSA) is 34.1 Å². The molecule has 1 atom stereocenters.